The van der Waals surface area contributed by atoms with Crippen LogP contribution >= 0.6 is 0 Å². The molecular weight excluding hydrogens is 227 g/mol. The van der Waals surface area contributed by atoms with Gasteiger partial charge in [0.05, 0.1) is 0 Å². The quantitative estimate of drug-likeness (QED) is 0.868. The van der Waals surface area contributed by atoms with E-state index in [9.17, 15) is 4.39 Å². The monoisotopic (exact) mass is 250 g/mol. The van der Waals surface area contributed by atoms with Crippen LogP contribution in [0, 0.1) is 18.7 Å². The van der Waals surface area contributed by atoms with Crippen LogP contribution in [0.2, 0.25) is 0 Å². The number of nitrogens with zero attached hydrogens (tertiary/aromatic N) is 1. The van der Waals surface area contributed by atoms with E-state index in [-0.39, 0.29) is 5.82 Å². The molecule has 1 saturated heterocycles. The molecule has 1 N–H and O–H groups in total. The first-order valence-electron chi connectivity index (χ1n) is 6.82. The number of rotatable bonds is 2. The summed E-state index contributed by atoms with van der Waals surface area (Å²) in [4.78, 5) is 2.30. The number of nitrogens with one attached hydrogen (secondary N) is 1. The van der Waals surface area contributed by atoms with Crippen molar-refractivity contribution in [1.29, 1.82) is 0 Å². The normalized spacial score (nSPS) is 21.2. The third kappa shape index (κ3) is 3.02. The highest BCUT2D eigenvalue weighted by atomic mass is 19.1. The van der Waals surface area contributed by atoms with Crippen molar-refractivity contribution in [2.45, 2.75) is 33.2 Å². The minimum Gasteiger partial charge on any atom is -0.370 e. The fourth-order valence-electron chi connectivity index (χ4n) is 2.41. The topological polar surface area (TPSA) is 15.3 Å². The third-order valence-electron chi connectivity index (χ3n) is 3.75. The second kappa shape index (κ2) is 5.70. The van der Waals surface area contributed by atoms with Crippen LogP contribution in [0.15, 0.2) is 18.2 Å². The van der Waals surface area contributed by atoms with Crippen LogP contribution in [0.4, 0.5) is 10.1 Å². The highest BCUT2D eigenvalue weighted by molar-refractivity contribution is 5.48. The lowest BCUT2D eigenvalue weighted by molar-refractivity contribution is 0.420. The fourth-order valence-corrected chi connectivity index (χ4v) is 2.41. The van der Waals surface area contributed by atoms with Crippen molar-refractivity contribution in [3.8, 4) is 0 Å². The zero-order chi connectivity index (χ0) is 13.1. The molecule has 3 heteroatoms. The molecule has 0 aliphatic carbocycles. The molecule has 0 bridgehead atoms. The van der Waals surface area contributed by atoms with Crippen LogP contribution in [0.25, 0.3) is 0 Å². The van der Waals surface area contributed by atoms with Crippen molar-refractivity contribution in [3.05, 3.63) is 29.6 Å². The standard InChI is InChI=1S/C15H23FN2/c1-11(2)15-10-18(8-4-7-17-15)13-6-5-12(3)14(16)9-13/h5-6,9,11,15,17H,4,7-8,10H2,1-3H3. The summed E-state index contributed by atoms with van der Waals surface area (Å²) in [6.45, 7) is 9.28. The third-order valence-corrected chi connectivity index (χ3v) is 3.75. The van der Waals surface area contributed by atoms with E-state index in [4.69, 9.17) is 0 Å². The molecule has 1 aromatic carbocycles. The molecule has 0 amide bonds. The van der Waals surface area contributed by atoms with Gasteiger partial charge in [-0.2, -0.15) is 0 Å². The molecule has 1 heterocycles. The first kappa shape index (κ1) is 13.3. The minimum atomic E-state index is -0.106. The highest BCUT2D eigenvalue weighted by Crippen LogP contribution is 2.21. The Labute approximate surface area is 109 Å². The molecule has 1 unspecified atom stereocenters. The van der Waals surface area contributed by atoms with Crippen molar-refractivity contribution in [3.63, 3.8) is 0 Å². The summed E-state index contributed by atoms with van der Waals surface area (Å²) < 4.78 is 13.6. The van der Waals surface area contributed by atoms with E-state index in [1.807, 2.05) is 12.1 Å². The zero-order valence-corrected chi connectivity index (χ0v) is 11.5. The van der Waals surface area contributed by atoms with Gasteiger partial charge in [-0.15, -0.1) is 0 Å². The number of halogens is 1. The maximum Gasteiger partial charge on any atom is 0.128 e. The average Bonchev–Trinajstić information content (AvgIpc) is 2.58. The second-order valence-electron chi connectivity index (χ2n) is 5.54. The Kier molecular flexibility index (Phi) is 4.23. The molecule has 1 aromatic rings. The van der Waals surface area contributed by atoms with Gasteiger partial charge in [-0.3, -0.25) is 0 Å². The summed E-state index contributed by atoms with van der Waals surface area (Å²) in [6.07, 6.45) is 1.11. The van der Waals surface area contributed by atoms with Gasteiger partial charge in [0.25, 0.3) is 0 Å². The molecule has 18 heavy (non-hydrogen) atoms. The van der Waals surface area contributed by atoms with Gasteiger partial charge < -0.3 is 10.2 Å². The fraction of sp³-hybridized carbons (Fsp3) is 0.600. The number of hydrogen-bond acceptors (Lipinski definition) is 2. The Hall–Kier alpha value is -1.09. The molecule has 2 nitrogen and oxygen atoms in total. The lowest BCUT2D eigenvalue weighted by Gasteiger charge is -2.28. The van der Waals surface area contributed by atoms with E-state index in [1.54, 1.807) is 13.0 Å². The van der Waals surface area contributed by atoms with E-state index in [0.717, 1.165) is 31.7 Å². The molecule has 1 aliphatic rings. The van der Waals surface area contributed by atoms with Crippen LogP contribution in [-0.2, 0) is 0 Å². The minimum absolute atomic E-state index is 0.106. The smallest absolute Gasteiger partial charge is 0.128 e. The number of anilines is 1. The van der Waals surface area contributed by atoms with E-state index >= 15 is 0 Å². The lowest BCUT2D eigenvalue weighted by Crippen LogP contribution is -2.41. The van der Waals surface area contributed by atoms with Crippen molar-refractivity contribution in [1.82, 2.24) is 5.32 Å². The summed E-state index contributed by atoms with van der Waals surface area (Å²) in [5.74, 6) is 0.492. The lowest BCUT2D eigenvalue weighted by atomic mass is 10.0. The predicted octanol–water partition coefficient (Wildman–Crippen LogP) is 2.96. The Morgan fingerprint density at radius 3 is 2.83 bits per heavy atom. The maximum atomic E-state index is 13.6. The van der Waals surface area contributed by atoms with Crippen LogP contribution in [-0.4, -0.2) is 25.7 Å². The molecule has 1 fully saturated rings. The van der Waals surface area contributed by atoms with Crippen molar-refractivity contribution in [2.24, 2.45) is 5.92 Å². The predicted molar refractivity (Wildman–Crippen MR) is 74.6 cm³/mol. The number of hydrogen-bond donors (Lipinski definition) is 1. The van der Waals surface area contributed by atoms with Gasteiger partial charge >= 0.3 is 0 Å². The summed E-state index contributed by atoms with van der Waals surface area (Å²) in [5.41, 5.74) is 1.72. The Morgan fingerprint density at radius 1 is 1.39 bits per heavy atom. The van der Waals surface area contributed by atoms with Gasteiger partial charge in [-0.25, -0.2) is 4.39 Å². The van der Waals surface area contributed by atoms with E-state index in [0.29, 0.717) is 17.5 Å². The summed E-state index contributed by atoms with van der Waals surface area (Å²) >= 11 is 0. The van der Waals surface area contributed by atoms with Gasteiger partial charge in [0.15, 0.2) is 0 Å². The van der Waals surface area contributed by atoms with Crippen LogP contribution in [0.1, 0.15) is 25.8 Å². The zero-order valence-electron chi connectivity index (χ0n) is 11.5. The largest absolute Gasteiger partial charge is 0.370 e. The molecule has 2 rings (SSSR count). The van der Waals surface area contributed by atoms with E-state index in [1.165, 1.54) is 0 Å². The molecule has 0 saturated carbocycles. The number of benzene rings is 1. The van der Waals surface area contributed by atoms with E-state index in [2.05, 4.69) is 24.1 Å². The summed E-state index contributed by atoms with van der Waals surface area (Å²) in [5, 5.41) is 3.57. The van der Waals surface area contributed by atoms with Gasteiger partial charge in [-0.1, -0.05) is 19.9 Å². The molecule has 0 radical (unpaired) electrons. The first-order chi connectivity index (χ1) is 8.58. The molecule has 1 atom stereocenters. The Morgan fingerprint density at radius 2 is 2.17 bits per heavy atom. The van der Waals surface area contributed by atoms with Crippen LogP contribution < -0.4 is 10.2 Å². The van der Waals surface area contributed by atoms with E-state index < -0.39 is 0 Å². The highest BCUT2D eigenvalue weighted by Gasteiger charge is 2.20. The molecular formula is C15H23FN2. The van der Waals surface area contributed by atoms with Crippen LogP contribution in [0.5, 0.6) is 0 Å². The average molecular weight is 250 g/mol. The molecule has 0 aromatic heterocycles. The molecule has 0 spiro atoms. The molecule has 1 aliphatic heterocycles. The van der Waals surface area contributed by atoms with Crippen molar-refractivity contribution >= 4 is 5.69 Å². The van der Waals surface area contributed by atoms with Gasteiger partial charge in [-0.05, 0) is 43.5 Å². The SMILES string of the molecule is Cc1ccc(N2CCCNC(C(C)C)C2)cc1F. The van der Waals surface area contributed by atoms with Gasteiger partial charge in [0.1, 0.15) is 5.82 Å². The summed E-state index contributed by atoms with van der Waals surface area (Å²) in [6, 6.07) is 6.05. The second-order valence-corrected chi connectivity index (χ2v) is 5.54. The Bertz CT molecular complexity index is 403. The Balaban J connectivity index is 2.17. The van der Waals surface area contributed by atoms with Gasteiger partial charge in [0.2, 0.25) is 0 Å². The van der Waals surface area contributed by atoms with Crippen molar-refractivity contribution in [2.75, 3.05) is 24.5 Å². The maximum absolute atomic E-state index is 13.6. The van der Waals surface area contributed by atoms with Crippen LogP contribution in [0.3, 0.4) is 0 Å². The van der Waals surface area contributed by atoms with Crippen molar-refractivity contribution < 1.29 is 4.39 Å². The first-order valence-corrected chi connectivity index (χ1v) is 6.82. The van der Waals surface area contributed by atoms with Gasteiger partial charge in [0, 0.05) is 24.8 Å². The molecule has 100 valence electrons. The summed E-state index contributed by atoms with van der Waals surface area (Å²) in [7, 11) is 0. The number of aryl methyl sites for hydroxylation is 1.